The molecule has 0 bridgehead atoms. The van der Waals surface area contributed by atoms with Crippen LogP contribution in [0.4, 0.5) is 11.4 Å². The van der Waals surface area contributed by atoms with Crippen molar-refractivity contribution in [3.8, 4) is 0 Å². The van der Waals surface area contributed by atoms with Crippen molar-refractivity contribution in [1.82, 2.24) is 0 Å². The van der Waals surface area contributed by atoms with Gasteiger partial charge in [0.25, 0.3) is 5.69 Å². The van der Waals surface area contributed by atoms with Gasteiger partial charge in [0.1, 0.15) is 0 Å². The van der Waals surface area contributed by atoms with Gasteiger partial charge in [0.15, 0.2) is 0 Å². The van der Waals surface area contributed by atoms with Gasteiger partial charge in [-0.1, -0.05) is 13.0 Å². The van der Waals surface area contributed by atoms with Crippen molar-refractivity contribution in [2.75, 3.05) is 11.9 Å². The molecular formula is C11H16ClN3O3. The molecule has 0 heterocycles. The molecule has 0 aliphatic rings. The maximum Gasteiger partial charge on any atom is 0.274 e. The molecule has 3 N–H and O–H groups in total. The lowest BCUT2D eigenvalue weighted by Gasteiger charge is -2.10. The van der Waals surface area contributed by atoms with Crippen molar-refractivity contribution in [2.45, 2.75) is 13.8 Å². The summed E-state index contributed by atoms with van der Waals surface area (Å²) < 4.78 is 0. The zero-order valence-electron chi connectivity index (χ0n) is 10.2. The van der Waals surface area contributed by atoms with Gasteiger partial charge in [-0.05, 0) is 13.0 Å². The molecule has 0 aromatic heterocycles. The Morgan fingerprint density at radius 3 is 2.67 bits per heavy atom. The van der Waals surface area contributed by atoms with E-state index < -0.39 is 4.92 Å². The summed E-state index contributed by atoms with van der Waals surface area (Å²) in [5.74, 6) is -0.569. The molecule has 0 aliphatic heterocycles. The zero-order valence-corrected chi connectivity index (χ0v) is 11.0. The number of nitro groups is 1. The summed E-state index contributed by atoms with van der Waals surface area (Å²) in [7, 11) is 0. The van der Waals surface area contributed by atoms with E-state index in [4.69, 9.17) is 5.73 Å². The Bertz CT molecular complexity index is 451. The van der Waals surface area contributed by atoms with Gasteiger partial charge in [-0.25, -0.2) is 0 Å². The minimum atomic E-state index is -0.475. The highest BCUT2D eigenvalue weighted by molar-refractivity contribution is 5.92. The van der Waals surface area contributed by atoms with Crippen LogP contribution in [0.25, 0.3) is 0 Å². The molecule has 0 saturated heterocycles. The zero-order chi connectivity index (χ0) is 13.0. The molecule has 1 unspecified atom stereocenters. The Kier molecular flexibility index (Phi) is 6.29. The number of amides is 1. The normalized spacial score (nSPS) is 11.3. The lowest BCUT2D eigenvalue weighted by Crippen LogP contribution is -2.26. The van der Waals surface area contributed by atoms with E-state index in [1.165, 1.54) is 6.07 Å². The fraction of sp³-hybridized carbons (Fsp3) is 0.364. The van der Waals surface area contributed by atoms with Gasteiger partial charge in [0.2, 0.25) is 5.91 Å². The third-order valence-electron chi connectivity index (χ3n) is 2.47. The van der Waals surface area contributed by atoms with Crippen LogP contribution in [0, 0.1) is 23.0 Å². The van der Waals surface area contributed by atoms with Crippen molar-refractivity contribution in [2.24, 2.45) is 11.7 Å². The summed E-state index contributed by atoms with van der Waals surface area (Å²) in [5.41, 5.74) is 6.31. The lowest BCUT2D eigenvalue weighted by atomic mass is 10.1. The highest BCUT2D eigenvalue weighted by Gasteiger charge is 2.14. The Hall–Kier alpha value is -1.66. The first-order chi connectivity index (χ1) is 7.95. The second-order valence-corrected chi connectivity index (χ2v) is 3.88. The molecule has 0 spiro atoms. The van der Waals surface area contributed by atoms with Crippen molar-refractivity contribution >= 4 is 29.7 Å². The monoisotopic (exact) mass is 273 g/mol. The SMILES string of the molecule is Cc1ccc(NC(=O)C(C)CN)cc1[N+](=O)[O-].Cl. The number of hydrogen-bond donors (Lipinski definition) is 2. The van der Waals surface area contributed by atoms with E-state index in [0.717, 1.165) is 0 Å². The van der Waals surface area contributed by atoms with Crippen molar-refractivity contribution in [3.63, 3.8) is 0 Å². The number of nitrogens with two attached hydrogens (primary N) is 1. The summed E-state index contributed by atoms with van der Waals surface area (Å²) in [6, 6.07) is 4.57. The number of nitro benzene ring substituents is 1. The summed E-state index contributed by atoms with van der Waals surface area (Å²) in [4.78, 5) is 21.8. The number of aryl methyl sites for hydroxylation is 1. The van der Waals surface area contributed by atoms with Crippen molar-refractivity contribution in [1.29, 1.82) is 0 Å². The number of nitrogens with one attached hydrogen (secondary N) is 1. The number of halogens is 1. The summed E-state index contributed by atoms with van der Waals surface area (Å²) in [6.45, 7) is 3.57. The molecule has 0 fully saturated rings. The van der Waals surface area contributed by atoms with Crippen LogP contribution in [0.5, 0.6) is 0 Å². The fourth-order valence-corrected chi connectivity index (χ4v) is 1.26. The Morgan fingerprint density at radius 2 is 2.17 bits per heavy atom. The molecule has 0 saturated carbocycles. The molecule has 1 atom stereocenters. The highest BCUT2D eigenvalue weighted by atomic mass is 35.5. The molecule has 1 rings (SSSR count). The molecule has 18 heavy (non-hydrogen) atoms. The minimum absolute atomic E-state index is 0. The predicted octanol–water partition coefficient (Wildman–Crippen LogP) is 1.86. The number of rotatable bonds is 4. The van der Waals surface area contributed by atoms with Gasteiger partial charge in [-0.15, -0.1) is 12.4 Å². The maximum absolute atomic E-state index is 11.5. The van der Waals surface area contributed by atoms with Gasteiger partial charge in [-0.2, -0.15) is 0 Å². The fourth-order valence-electron chi connectivity index (χ4n) is 1.26. The second kappa shape index (κ2) is 6.93. The molecule has 1 aromatic rings. The van der Waals surface area contributed by atoms with Crippen LogP contribution >= 0.6 is 12.4 Å². The number of benzene rings is 1. The van der Waals surface area contributed by atoms with Crippen LogP contribution < -0.4 is 11.1 Å². The first-order valence-corrected chi connectivity index (χ1v) is 5.21. The Morgan fingerprint density at radius 1 is 1.56 bits per heavy atom. The number of anilines is 1. The van der Waals surface area contributed by atoms with E-state index >= 15 is 0 Å². The first-order valence-electron chi connectivity index (χ1n) is 5.21. The quantitative estimate of drug-likeness (QED) is 0.646. The minimum Gasteiger partial charge on any atom is -0.330 e. The third-order valence-corrected chi connectivity index (χ3v) is 2.47. The molecule has 7 heteroatoms. The smallest absolute Gasteiger partial charge is 0.274 e. The van der Waals surface area contributed by atoms with E-state index in [2.05, 4.69) is 5.32 Å². The number of nitrogens with zero attached hydrogens (tertiary/aromatic N) is 1. The molecule has 1 aromatic carbocycles. The van der Waals surface area contributed by atoms with Gasteiger partial charge in [-0.3, -0.25) is 14.9 Å². The van der Waals surface area contributed by atoms with E-state index in [-0.39, 0.29) is 36.5 Å². The van der Waals surface area contributed by atoms with Gasteiger partial charge >= 0.3 is 0 Å². The molecule has 0 radical (unpaired) electrons. The third kappa shape index (κ3) is 3.97. The summed E-state index contributed by atoms with van der Waals surface area (Å²) >= 11 is 0. The van der Waals surface area contributed by atoms with E-state index in [1.54, 1.807) is 26.0 Å². The number of carbonyl (C=O) groups is 1. The molecular weight excluding hydrogens is 258 g/mol. The van der Waals surface area contributed by atoms with Gasteiger partial charge < -0.3 is 11.1 Å². The number of hydrogen-bond acceptors (Lipinski definition) is 4. The largest absolute Gasteiger partial charge is 0.330 e. The second-order valence-electron chi connectivity index (χ2n) is 3.88. The van der Waals surface area contributed by atoms with Gasteiger partial charge in [0.05, 0.1) is 4.92 Å². The topological polar surface area (TPSA) is 98.3 Å². The molecule has 0 aliphatic carbocycles. The first kappa shape index (κ1) is 16.3. The van der Waals surface area contributed by atoms with E-state index in [1.807, 2.05) is 0 Å². The molecule has 1 amide bonds. The average Bonchev–Trinajstić information content (AvgIpc) is 2.30. The number of carbonyl (C=O) groups excluding carboxylic acids is 1. The summed E-state index contributed by atoms with van der Waals surface area (Å²) in [6.07, 6.45) is 0. The standard InChI is InChI=1S/C11H15N3O3.ClH/c1-7-3-4-9(5-10(7)14(16)17)13-11(15)8(2)6-12;/h3-5,8H,6,12H2,1-2H3,(H,13,15);1H. The van der Waals surface area contributed by atoms with Crippen molar-refractivity contribution < 1.29 is 9.72 Å². The van der Waals surface area contributed by atoms with Crippen LogP contribution in [0.15, 0.2) is 18.2 Å². The maximum atomic E-state index is 11.5. The average molecular weight is 274 g/mol. The van der Waals surface area contributed by atoms with Crippen LogP contribution in [0.2, 0.25) is 0 Å². The summed E-state index contributed by atoms with van der Waals surface area (Å²) in [5, 5.41) is 13.3. The Balaban J connectivity index is 0.00000289. The van der Waals surface area contributed by atoms with E-state index in [9.17, 15) is 14.9 Å². The Labute approximate surface area is 111 Å². The van der Waals surface area contributed by atoms with Gasteiger partial charge in [0, 0.05) is 29.8 Å². The molecule has 6 nitrogen and oxygen atoms in total. The highest BCUT2D eigenvalue weighted by Crippen LogP contribution is 2.22. The van der Waals surface area contributed by atoms with Crippen LogP contribution in [0.1, 0.15) is 12.5 Å². The lowest BCUT2D eigenvalue weighted by molar-refractivity contribution is -0.385. The van der Waals surface area contributed by atoms with E-state index in [0.29, 0.717) is 11.3 Å². The van der Waals surface area contributed by atoms with Crippen LogP contribution in [0.3, 0.4) is 0 Å². The van der Waals surface area contributed by atoms with Crippen molar-refractivity contribution in [3.05, 3.63) is 33.9 Å². The predicted molar refractivity (Wildman–Crippen MR) is 71.9 cm³/mol. The molecule has 100 valence electrons. The van der Waals surface area contributed by atoms with Crippen LogP contribution in [-0.4, -0.2) is 17.4 Å². The van der Waals surface area contributed by atoms with Crippen LogP contribution in [-0.2, 0) is 4.79 Å².